The first-order valence-corrected chi connectivity index (χ1v) is 11.0. The molecule has 0 unspecified atom stereocenters. The molecule has 176 valence electrons. The number of amides is 1. The number of benzene rings is 2. The average Bonchev–Trinajstić information content (AvgIpc) is 3.16. The van der Waals surface area contributed by atoms with Gasteiger partial charge in [-0.1, -0.05) is 23.9 Å². The molecule has 2 aromatic carbocycles. The number of imidazole rings is 1. The average molecular weight is 488 g/mol. The maximum Gasteiger partial charge on any atom is 0.390 e. The number of phenolic OH excluding ortho intramolecular Hbond substituents is 1. The number of phenols is 1. The molecule has 0 saturated carbocycles. The summed E-state index contributed by atoms with van der Waals surface area (Å²) in [5.74, 6) is -0.454. The van der Waals surface area contributed by atoms with E-state index in [-0.39, 0.29) is 12.3 Å². The summed E-state index contributed by atoms with van der Waals surface area (Å²) in [4.78, 5) is 16.7. The second-order valence-electron chi connectivity index (χ2n) is 7.56. The molecule has 0 aliphatic rings. The number of nitrogens with zero attached hydrogens (tertiary/aromatic N) is 3. The molecule has 11 heteroatoms. The lowest BCUT2D eigenvalue weighted by molar-refractivity contribution is -0.131. The van der Waals surface area contributed by atoms with Crippen molar-refractivity contribution in [1.29, 1.82) is 0 Å². The molecule has 0 saturated heterocycles. The maximum absolute atomic E-state index is 12.7. The highest BCUT2D eigenvalue weighted by Gasteiger charge is 2.26. The summed E-state index contributed by atoms with van der Waals surface area (Å²) in [6.45, 7) is 1.43. The summed E-state index contributed by atoms with van der Waals surface area (Å²) in [7, 11) is 0. The highest BCUT2D eigenvalue weighted by Crippen LogP contribution is 2.33. The van der Waals surface area contributed by atoms with E-state index in [9.17, 15) is 23.1 Å². The molecular formula is C23H20F3N5O2S. The first kappa shape index (κ1) is 23.4. The topological polar surface area (TPSA) is 106 Å². The first-order valence-electron chi connectivity index (χ1n) is 10.2. The molecule has 4 rings (SSSR count). The van der Waals surface area contributed by atoms with Crippen LogP contribution in [-0.4, -0.2) is 38.3 Å². The Morgan fingerprint density at radius 2 is 2.00 bits per heavy atom. The van der Waals surface area contributed by atoms with Crippen LogP contribution < -0.4 is 11.1 Å². The number of aromatic nitrogens is 3. The van der Waals surface area contributed by atoms with Gasteiger partial charge < -0.3 is 16.2 Å². The number of carbonyl (C=O) groups is 1. The van der Waals surface area contributed by atoms with Gasteiger partial charge in [0, 0.05) is 22.6 Å². The fraction of sp³-hybridized carbons (Fsp3) is 0.174. The van der Waals surface area contributed by atoms with Crippen LogP contribution in [0.25, 0.3) is 16.9 Å². The second-order valence-corrected chi connectivity index (χ2v) is 8.65. The van der Waals surface area contributed by atoms with Crippen molar-refractivity contribution in [2.75, 3.05) is 11.9 Å². The van der Waals surface area contributed by atoms with Gasteiger partial charge in [-0.2, -0.15) is 18.3 Å². The van der Waals surface area contributed by atoms with Gasteiger partial charge in [0.15, 0.2) is 5.65 Å². The summed E-state index contributed by atoms with van der Waals surface area (Å²) in [5.41, 5.74) is 8.50. The number of nitrogens with one attached hydrogen (secondary N) is 1. The van der Waals surface area contributed by atoms with Crippen LogP contribution in [0.5, 0.6) is 5.75 Å². The van der Waals surface area contributed by atoms with E-state index in [1.54, 1.807) is 60.1 Å². The number of hydrogen-bond acceptors (Lipinski definition) is 6. The third-order valence-corrected chi connectivity index (χ3v) is 5.90. The van der Waals surface area contributed by atoms with E-state index in [2.05, 4.69) is 15.4 Å². The molecule has 0 spiro atoms. The summed E-state index contributed by atoms with van der Waals surface area (Å²) in [5, 5.41) is 17.7. The number of aromatic hydroxyl groups is 1. The van der Waals surface area contributed by atoms with Gasteiger partial charge in [0.25, 0.3) is 0 Å². The minimum absolute atomic E-state index is 0.0861. The van der Waals surface area contributed by atoms with E-state index in [0.717, 1.165) is 0 Å². The number of primary amides is 1. The zero-order valence-electron chi connectivity index (χ0n) is 17.9. The van der Waals surface area contributed by atoms with Gasteiger partial charge in [-0.3, -0.25) is 4.79 Å². The van der Waals surface area contributed by atoms with Crippen molar-refractivity contribution in [3.05, 3.63) is 65.9 Å². The first-order chi connectivity index (χ1) is 16.1. The predicted molar refractivity (Wildman–Crippen MR) is 123 cm³/mol. The van der Waals surface area contributed by atoms with Crippen LogP contribution in [0.3, 0.4) is 0 Å². The number of nitrogens with two attached hydrogens (primary N) is 1. The van der Waals surface area contributed by atoms with Crippen molar-refractivity contribution in [2.24, 2.45) is 5.73 Å². The minimum Gasteiger partial charge on any atom is -0.508 e. The zero-order valence-corrected chi connectivity index (χ0v) is 18.7. The van der Waals surface area contributed by atoms with Gasteiger partial charge >= 0.3 is 6.18 Å². The minimum atomic E-state index is -4.30. The Morgan fingerprint density at radius 1 is 1.21 bits per heavy atom. The standard InChI is InChI=1S/C23H20F3N5O2S/c1-13-9-14(5-6-17(13)21(27)33)19-12-29-22-18(28-8-7-23(24,25)26)11-20(30-31(19)22)34-16-4-2-3-15(32)10-16/h2-6,9-12,28,32H,7-8H2,1H3,(H2,27,33). The van der Waals surface area contributed by atoms with E-state index in [4.69, 9.17) is 5.73 Å². The number of fused-ring (bicyclic) bond motifs is 1. The Labute approximate surface area is 196 Å². The highest BCUT2D eigenvalue weighted by atomic mass is 32.2. The van der Waals surface area contributed by atoms with Crippen molar-refractivity contribution in [1.82, 2.24) is 14.6 Å². The number of rotatable bonds is 7. The lowest BCUT2D eigenvalue weighted by Gasteiger charge is -2.12. The molecule has 0 fully saturated rings. The Balaban J connectivity index is 1.78. The Hall–Kier alpha value is -3.73. The molecule has 34 heavy (non-hydrogen) atoms. The van der Waals surface area contributed by atoms with Crippen LogP contribution in [-0.2, 0) is 0 Å². The molecule has 0 aliphatic carbocycles. The second kappa shape index (κ2) is 9.26. The van der Waals surface area contributed by atoms with E-state index in [1.807, 2.05) is 0 Å². The van der Waals surface area contributed by atoms with Gasteiger partial charge in [0.05, 0.1) is 24.0 Å². The number of aryl methyl sites for hydroxylation is 1. The molecule has 2 heterocycles. The monoisotopic (exact) mass is 487 g/mol. The molecule has 0 atom stereocenters. The Bertz CT molecular complexity index is 1370. The van der Waals surface area contributed by atoms with Gasteiger partial charge in [-0.05, 0) is 48.9 Å². The van der Waals surface area contributed by atoms with Crippen LogP contribution in [0.1, 0.15) is 22.3 Å². The quantitative estimate of drug-likeness (QED) is 0.338. The predicted octanol–water partition coefficient (Wildman–Crippen LogP) is 5.02. The van der Waals surface area contributed by atoms with Gasteiger partial charge in [0.1, 0.15) is 10.8 Å². The van der Waals surface area contributed by atoms with Gasteiger partial charge in [-0.25, -0.2) is 9.50 Å². The number of halogens is 3. The number of anilines is 1. The molecule has 4 N–H and O–H groups in total. The highest BCUT2D eigenvalue weighted by molar-refractivity contribution is 7.99. The molecule has 0 bridgehead atoms. The summed E-state index contributed by atoms with van der Waals surface area (Å²) in [6, 6.07) is 13.3. The third-order valence-electron chi connectivity index (χ3n) is 5.00. The molecule has 1 amide bonds. The Morgan fingerprint density at radius 3 is 2.68 bits per heavy atom. The molecule has 7 nitrogen and oxygen atoms in total. The van der Waals surface area contributed by atoms with Crippen LogP contribution in [0.4, 0.5) is 18.9 Å². The lowest BCUT2D eigenvalue weighted by Crippen LogP contribution is -2.15. The van der Waals surface area contributed by atoms with Crippen LogP contribution in [0.2, 0.25) is 0 Å². The lowest BCUT2D eigenvalue weighted by atomic mass is 10.0. The molecule has 4 aromatic rings. The largest absolute Gasteiger partial charge is 0.508 e. The van der Waals surface area contributed by atoms with Crippen LogP contribution in [0, 0.1) is 6.92 Å². The van der Waals surface area contributed by atoms with Gasteiger partial charge in [-0.15, -0.1) is 0 Å². The summed E-state index contributed by atoms with van der Waals surface area (Å²) < 4.78 is 39.6. The zero-order chi connectivity index (χ0) is 24.5. The number of carbonyl (C=O) groups excluding carboxylic acids is 1. The fourth-order valence-electron chi connectivity index (χ4n) is 3.43. The normalized spacial score (nSPS) is 11.6. The van der Waals surface area contributed by atoms with Crippen molar-refractivity contribution < 1.29 is 23.1 Å². The van der Waals surface area contributed by atoms with Crippen LogP contribution in [0.15, 0.2) is 64.6 Å². The fourth-order valence-corrected chi connectivity index (χ4v) is 4.30. The van der Waals surface area contributed by atoms with E-state index < -0.39 is 18.5 Å². The summed E-state index contributed by atoms with van der Waals surface area (Å²) in [6.07, 6.45) is -3.73. The molecule has 0 aliphatic heterocycles. The summed E-state index contributed by atoms with van der Waals surface area (Å²) >= 11 is 1.24. The van der Waals surface area contributed by atoms with E-state index in [0.29, 0.717) is 43.6 Å². The Kier molecular flexibility index (Phi) is 6.38. The van der Waals surface area contributed by atoms with E-state index >= 15 is 0 Å². The third kappa shape index (κ3) is 5.25. The van der Waals surface area contributed by atoms with Crippen molar-refractivity contribution in [3.8, 4) is 17.0 Å². The number of alkyl halides is 3. The van der Waals surface area contributed by atoms with Gasteiger partial charge in [0.2, 0.25) is 5.91 Å². The van der Waals surface area contributed by atoms with E-state index in [1.165, 1.54) is 17.8 Å². The SMILES string of the molecule is Cc1cc(-c2cnc3c(NCCC(F)(F)F)cc(Sc4cccc(O)c4)nn23)ccc1C(N)=O. The van der Waals surface area contributed by atoms with Crippen LogP contribution >= 0.6 is 11.8 Å². The molecule has 0 radical (unpaired) electrons. The smallest absolute Gasteiger partial charge is 0.390 e. The number of hydrogen-bond donors (Lipinski definition) is 3. The maximum atomic E-state index is 12.7. The molecule has 2 aromatic heterocycles. The van der Waals surface area contributed by atoms with Crippen molar-refractivity contribution in [3.63, 3.8) is 0 Å². The van der Waals surface area contributed by atoms with Crippen molar-refractivity contribution >= 4 is 29.0 Å². The molecular weight excluding hydrogens is 467 g/mol. The van der Waals surface area contributed by atoms with Crippen molar-refractivity contribution in [2.45, 2.75) is 29.4 Å².